The van der Waals surface area contributed by atoms with E-state index in [1.54, 1.807) is 23.5 Å². The van der Waals surface area contributed by atoms with Crippen molar-refractivity contribution in [2.75, 3.05) is 5.32 Å². The average molecular weight is 284 g/mol. The molecule has 19 heavy (non-hydrogen) atoms. The maximum atomic E-state index is 12.0. The van der Waals surface area contributed by atoms with E-state index in [-0.39, 0.29) is 5.75 Å². The Morgan fingerprint density at radius 1 is 1.26 bits per heavy atom. The number of aromatic nitrogens is 1. The molecule has 0 radical (unpaired) electrons. The topological polar surface area (TPSA) is 34.2 Å². The second-order valence-corrected chi connectivity index (χ2v) is 5.29. The summed E-state index contributed by atoms with van der Waals surface area (Å²) in [5, 5.41) is 4.26. The SMILES string of the molecule is Cc1nc(C)c(CNc2ccc(OC(F)F)cc2)s1. The van der Waals surface area contributed by atoms with Gasteiger partial charge in [-0.15, -0.1) is 11.3 Å². The van der Waals surface area contributed by atoms with Crippen LogP contribution in [-0.4, -0.2) is 11.6 Å². The van der Waals surface area contributed by atoms with Gasteiger partial charge in [0.2, 0.25) is 0 Å². The van der Waals surface area contributed by atoms with Crippen LogP contribution in [-0.2, 0) is 6.54 Å². The van der Waals surface area contributed by atoms with E-state index in [9.17, 15) is 8.78 Å². The lowest BCUT2D eigenvalue weighted by molar-refractivity contribution is -0.0498. The number of alkyl halides is 2. The fourth-order valence-corrected chi connectivity index (χ4v) is 2.55. The zero-order valence-electron chi connectivity index (χ0n) is 10.6. The molecule has 0 atom stereocenters. The number of benzene rings is 1. The van der Waals surface area contributed by atoms with Gasteiger partial charge >= 0.3 is 6.61 Å². The minimum Gasteiger partial charge on any atom is -0.435 e. The van der Waals surface area contributed by atoms with Crippen molar-refractivity contribution in [2.24, 2.45) is 0 Å². The van der Waals surface area contributed by atoms with Gasteiger partial charge in [-0.05, 0) is 38.1 Å². The molecule has 0 aliphatic rings. The van der Waals surface area contributed by atoms with E-state index < -0.39 is 6.61 Å². The molecule has 0 aliphatic carbocycles. The molecule has 1 N–H and O–H groups in total. The lowest BCUT2D eigenvalue weighted by atomic mass is 10.3. The smallest absolute Gasteiger partial charge is 0.387 e. The largest absolute Gasteiger partial charge is 0.435 e. The maximum Gasteiger partial charge on any atom is 0.387 e. The molecular formula is C13H14F2N2OS. The molecule has 2 aromatic rings. The van der Waals surface area contributed by atoms with Gasteiger partial charge in [0, 0.05) is 10.6 Å². The molecule has 0 aliphatic heterocycles. The highest BCUT2D eigenvalue weighted by molar-refractivity contribution is 7.11. The molecule has 6 heteroatoms. The third-order valence-electron chi connectivity index (χ3n) is 2.53. The first-order chi connectivity index (χ1) is 9.04. The van der Waals surface area contributed by atoms with Gasteiger partial charge < -0.3 is 10.1 Å². The van der Waals surface area contributed by atoms with Crippen LogP contribution < -0.4 is 10.1 Å². The molecule has 1 heterocycles. The number of anilines is 1. The Balaban J connectivity index is 1.94. The number of thiazole rings is 1. The molecule has 0 saturated carbocycles. The molecule has 0 unspecified atom stereocenters. The number of hydrogen-bond acceptors (Lipinski definition) is 4. The van der Waals surface area contributed by atoms with Gasteiger partial charge in [-0.2, -0.15) is 8.78 Å². The van der Waals surface area contributed by atoms with Crippen LogP contribution >= 0.6 is 11.3 Å². The molecule has 2 rings (SSSR count). The van der Waals surface area contributed by atoms with E-state index in [4.69, 9.17) is 0 Å². The van der Waals surface area contributed by atoms with Crippen molar-refractivity contribution in [1.29, 1.82) is 0 Å². The molecule has 0 spiro atoms. The third-order valence-corrected chi connectivity index (χ3v) is 3.60. The van der Waals surface area contributed by atoms with Crippen LogP contribution in [0.25, 0.3) is 0 Å². The zero-order valence-corrected chi connectivity index (χ0v) is 11.4. The van der Waals surface area contributed by atoms with Crippen molar-refractivity contribution >= 4 is 17.0 Å². The van der Waals surface area contributed by atoms with Crippen LogP contribution in [0.1, 0.15) is 15.6 Å². The predicted molar refractivity (Wildman–Crippen MR) is 72.0 cm³/mol. The average Bonchev–Trinajstić information content (AvgIpc) is 2.66. The Morgan fingerprint density at radius 3 is 2.47 bits per heavy atom. The number of aryl methyl sites for hydroxylation is 2. The Morgan fingerprint density at radius 2 is 1.95 bits per heavy atom. The summed E-state index contributed by atoms with van der Waals surface area (Å²) in [6.45, 7) is 1.83. The van der Waals surface area contributed by atoms with Crippen LogP contribution in [0.2, 0.25) is 0 Å². The lowest BCUT2D eigenvalue weighted by Gasteiger charge is -2.07. The quantitative estimate of drug-likeness (QED) is 0.902. The van der Waals surface area contributed by atoms with Crippen molar-refractivity contribution < 1.29 is 13.5 Å². The van der Waals surface area contributed by atoms with Crippen LogP contribution in [0.15, 0.2) is 24.3 Å². The van der Waals surface area contributed by atoms with Crippen molar-refractivity contribution in [3.63, 3.8) is 0 Å². The second-order valence-electron chi connectivity index (χ2n) is 4.00. The van der Waals surface area contributed by atoms with Gasteiger partial charge in [-0.3, -0.25) is 0 Å². The van der Waals surface area contributed by atoms with Crippen molar-refractivity contribution in [1.82, 2.24) is 4.98 Å². The third kappa shape index (κ3) is 3.89. The van der Waals surface area contributed by atoms with Crippen LogP contribution in [0.3, 0.4) is 0 Å². The highest BCUT2D eigenvalue weighted by atomic mass is 32.1. The van der Waals surface area contributed by atoms with Crippen molar-refractivity contribution in [3.8, 4) is 5.75 Å². The monoisotopic (exact) mass is 284 g/mol. The number of nitrogens with one attached hydrogen (secondary N) is 1. The Labute approximate surface area is 114 Å². The zero-order chi connectivity index (χ0) is 13.8. The Hall–Kier alpha value is -1.69. The predicted octanol–water partition coefficient (Wildman–Crippen LogP) is 3.97. The summed E-state index contributed by atoms with van der Waals surface area (Å²) >= 11 is 1.65. The summed E-state index contributed by atoms with van der Waals surface area (Å²) < 4.78 is 28.3. The summed E-state index contributed by atoms with van der Waals surface area (Å²) in [5.74, 6) is 0.158. The molecule has 102 valence electrons. The fourth-order valence-electron chi connectivity index (χ4n) is 1.67. The van der Waals surface area contributed by atoms with Gasteiger partial charge in [0.05, 0.1) is 17.2 Å². The second kappa shape index (κ2) is 5.97. The van der Waals surface area contributed by atoms with Gasteiger partial charge in [-0.25, -0.2) is 4.98 Å². The molecule has 0 saturated heterocycles. The number of rotatable bonds is 5. The highest BCUT2D eigenvalue weighted by Crippen LogP contribution is 2.21. The molecule has 0 bridgehead atoms. The fraction of sp³-hybridized carbons (Fsp3) is 0.308. The lowest BCUT2D eigenvalue weighted by Crippen LogP contribution is -2.02. The van der Waals surface area contributed by atoms with Gasteiger partial charge in [-0.1, -0.05) is 0 Å². The summed E-state index contributed by atoms with van der Waals surface area (Å²) in [4.78, 5) is 5.52. The van der Waals surface area contributed by atoms with E-state index in [1.807, 2.05) is 13.8 Å². The van der Waals surface area contributed by atoms with Crippen molar-refractivity contribution in [3.05, 3.63) is 39.8 Å². The Kier molecular flexibility index (Phi) is 4.31. The van der Waals surface area contributed by atoms with Gasteiger partial charge in [0.1, 0.15) is 5.75 Å². The van der Waals surface area contributed by atoms with Crippen LogP contribution in [0.4, 0.5) is 14.5 Å². The Bertz CT molecular complexity index is 540. The molecule has 0 amide bonds. The molecule has 0 fully saturated rings. The maximum absolute atomic E-state index is 12.0. The highest BCUT2D eigenvalue weighted by Gasteiger charge is 2.05. The van der Waals surface area contributed by atoms with Crippen LogP contribution in [0.5, 0.6) is 5.75 Å². The molecule has 1 aromatic heterocycles. The first-order valence-corrected chi connectivity index (χ1v) is 6.58. The number of nitrogens with zero attached hydrogens (tertiary/aromatic N) is 1. The normalized spacial score (nSPS) is 10.8. The summed E-state index contributed by atoms with van der Waals surface area (Å²) in [5.41, 5.74) is 1.87. The minimum absolute atomic E-state index is 0.158. The van der Waals surface area contributed by atoms with E-state index in [1.165, 1.54) is 17.0 Å². The first kappa shape index (κ1) is 13.7. The van der Waals surface area contributed by atoms with Gasteiger partial charge in [0.25, 0.3) is 0 Å². The van der Waals surface area contributed by atoms with Gasteiger partial charge in [0.15, 0.2) is 0 Å². The van der Waals surface area contributed by atoms with E-state index in [0.717, 1.165) is 16.4 Å². The number of ether oxygens (including phenoxy) is 1. The molecule has 3 nitrogen and oxygen atoms in total. The van der Waals surface area contributed by atoms with E-state index >= 15 is 0 Å². The van der Waals surface area contributed by atoms with E-state index in [2.05, 4.69) is 15.0 Å². The summed E-state index contributed by atoms with van der Waals surface area (Å²) in [6.07, 6.45) is 0. The van der Waals surface area contributed by atoms with Crippen molar-refractivity contribution in [2.45, 2.75) is 27.0 Å². The van der Waals surface area contributed by atoms with Crippen LogP contribution in [0, 0.1) is 13.8 Å². The number of halogens is 2. The summed E-state index contributed by atoms with van der Waals surface area (Å²) in [7, 11) is 0. The molecular weight excluding hydrogens is 270 g/mol. The molecule has 1 aromatic carbocycles. The minimum atomic E-state index is -2.79. The standard InChI is InChI=1S/C13H14F2N2OS/c1-8-12(19-9(2)17-8)7-16-10-3-5-11(6-4-10)18-13(14)15/h3-6,13,16H,7H2,1-2H3. The number of hydrogen-bond donors (Lipinski definition) is 1. The summed E-state index contributed by atoms with van der Waals surface area (Å²) in [6, 6.07) is 6.44. The van der Waals surface area contributed by atoms with E-state index in [0.29, 0.717) is 6.54 Å². The first-order valence-electron chi connectivity index (χ1n) is 5.76.